The molecule has 1 rings (SSSR count). The van der Waals surface area contributed by atoms with Crippen LogP contribution in [0.4, 0.5) is 0 Å². The summed E-state index contributed by atoms with van der Waals surface area (Å²) in [4.78, 5) is 3.54. The normalized spacial score (nSPS) is 20.9. The van der Waals surface area contributed by atoms with E-state index < -0.39 is 16.5 Å². The van der Waals surface area contributed by atoms with Crippen LogP contribution in [0.3, 0.4) is 0 Å². The van der Waals surface area contributed by atoms with Gasteiger partial charge < -0.3 is 9.80 Å². The SMILES string of the molecule is C=CCS(=O)(=O)OC1N(C)C=CN1C(C)C. The Morgan fingerprint density at radius 3 is 2.62 bits per heavy atom. The number of rotatable bonds is 5. The van der Waals surface area contributed by atoms with Gasteiger partial charge in [0.15, 0.2) is 0 Å². The molecule has 0 fully saturated rings. The first kappa shape index (κ1) is 13.1. The van der Waals surface area contributed by atoms with E-state index in [1.807, 2.05) is 24.9 Å². The lowest BCUT2D eigenvalue weighted by Gasteiger charge is -2.31. The molecule has 1 atom stereocenters. The Morgan fingerprint density at radius 1 is 1.50 bits per heavy atom. The lowest BCUT2D eigenvalue weighted by molar-refractivity contribution is -0.0224. The third-order valence-electron chi connectivity index (χ3n) is 2.23. The summed E-state index contributed by atoms with van der Waals surface area (Å²) in [5.74, 6) is -0.177. The van der Waals surface area contributed by atoms with Gasteiger partial charge in [0.2, 0.25) is 6.35 Å². The first-order valence-corrected chi connectivity index (χ1v) is 6.64. The molecule has 0 aromatic carbocycles. The average Bonchev–Trinajstić information content (AvgIpc) is 2.47. The van der Waals surface area contributed by atoms with E-state index in [0.29, 0.717) is 0 Å². The second-order valence-electron chi connectivity index (χ2n) is 3.94. The van der Waals surface area contributed by atoms with Gasteiger partial charge in [-0.2, -0.15) is 8.42 Å². The topological polar surface area (TPSA) is 49.9 Å². The van der Waals surface area contributed by atoms with Crippen molar-refractivity contribution in [2.45, 2.75) is 26.2 Å². The van der Waals surface area contributed by atoms with Crippen molar-refractivity contribution in [1.29, 1.82) is 0 Å². The van der Waals surface area contributed by atoms with Crippen molar-refractivity contribution in [3.05, 3.63) is 25.1 Å². The Morgan fingerprint density at radius 2 is 2.12 bits per heavy atom. The number of hydrogen-bond acceptors (Lipinski definition) is 5. The molecule has 0 aromatic rings. The van der Waals surface area contributed by atoms with Crippen molar-refractivity contribution in [1.82, 2.24) is 9.80 Å². The van der Waals surface area contributed by atoms with Gasteiger partial charge in [0, 0.05) is 25.5 Å². The minimum atomic E-state index is -3.56. The number of hydrogen-bond donors (Lipinski definition) is 0. The second-order valence-corrected chi connectivity index (χ2v) is 5.58. The van der Waals surface area contributed by atoms with E-state index in [0.717, 1.165) is 0 Å². The predicted molar refractivity (Wildman–Crippen MR) is 62.7 cm³/mol. The van der Waals surface area contributed by atoms with Crippen LogP contribution in [0.2, 0.25) is 0 Å². The molecular formula is C10H18N2O3S. The zero-order valence-corrected chi connectivity index (χ0v) is 10.6. The molecule has 0 bridgehead atoms. The van der Waals surface area contributed by atoms with Gasteiger partial charge in [-0.3, -0.25) is 0 Å². The third kappa shape index (κ3) is 2.99. The summed E-state index contributed by atoms with van der Waals surface area (Å²) < 4.78 is 28.2. The maximum absolute atomic E-state index is 11.5. The van der Waals surface area contributed by atoms with E-state index in [-0.39, 0.29) is 11.8 Å². The highest BCUT2D eigenvalue weighted by Gasteiger charge is 2.30. The van der Waals surface area contributed by atoms with Crippen molar-refractivity contribution in [3.63, 3.8) is 0 Å². The van der Waals surface area contributed by atoms with Crippen LogP contribution in [0.5, 0.6) is 0 Å². The van der Waals surface area contributed by atoms with Gasteiger partial charge in [-0.05, 0) is 13.8 Å². The summed E-state index contributed by atoms with van der Waals surface area (Å²) in [5.41, 5.74) is 0. The van der Waals surface area contributed by atoms with Gasteiger partial charge in [-0.1, -0.05) is 6.08 Å². The molecule has 1 aliphatic rings. The smallest absolute Gasteiger partial charge is 0.274 e. The van der Waals surface area contributed by atoms with Crippen LogP contribution >= 0.6 is 0 Å². The summed E-state index contributed by atoms with van der Waals surface area (Å²) >= 11 is 0. The average molecular weight is 246 g/mol. The fourth-order valence-electron chi connectivity index (χ4n) is 1.40. The molecule has 0 saturated heterocycles. The Balaban J connectivity index is 2.76. The van der Waals surface area contributed by atoms with E-state index in [1.54, 1.807) is 18.1 Å². The lowest BCUT2D eigenvalue weighted by Crippen LogP contribution is -2.43. The van der Waals surface area contributed by atoms with E-state index >= 15 is 0 Å². The molecule has 16 heavy (non-hydrogen) atoms. The van der Waals surface area contributed by atoms with Crippen LogP contribution in [-0.4, -0.2) is 43.4 Å². The molecule has 0 radical (unpaired) electrons. The minimum Gasteiger partial charge on any atom is -0.336 e. The highest BCUT2D eigenvalue weighted by atomic mass is 32.2. The van der Waals surface area contributed by atoms with Gasteiger partial charge in [-0.15, -0.1) is 6.58 Å². The monoisotopic (exact) mass is 246 g/mol. The first-order chi connectivity index (χ1) is 7.37. The molecule has 6 heteroatoms. The van der Waals surface area contributed by atoms with E-state index in [9.17, 15) is 8.42 Å². The molecule has 0 aliphatic carbocycles. The fourth-order valence-corrected chi connectivity index (χ4v) is 2.26. The Labute approximate surface area is 97.1 Å². The first-order valence-electron chi connectivity index (χ1n) is 5.07. The van der Waals surface area contributed by atoms with Crippen LogP contribution in [0.1, 0.15) is 13.8 Å². The van der Waals surface area contributed by atoms with Gasteiger partial charge in [0.1, 0.15) is 0 Å². The zero-order valence-electron chi connectivity index (χ0n) is 9.83. The Kier molecular flexibility index (Phi) is 3.98. The van der Waals surface area contributed by atoms with Gasteiger partial charge in [0.05, 0.1) is 5.75 Å². The quantitative estimate of drug-likeness (QED) is 0.533. The zero-order chi connectivity index (χ0) is 12.3. The van der Waals surface area contributed by atoms with Gasteiger partial charge in [0.25, 0.3) is 10.1 Å². The lowest BCUT2D eigenvalue weighted by atomic mass is 10.3. The summed E-state index contributed by atoms with van der Waals surface area (Å²) in [6.07, 6.45) is 4.33. The highest BCUT2D eigenvalue weighted by Crippen LogP contribution is 2.20. The molecule has 1 heterocycles. The van der Waals surface area contributed by atoms with Crippen molar-refractivity contribution in [2.24, 2.45) is 0 Å². The van der Waals surface area contributed by atoms with Crippen molar-refractivity contribution >= 4 is 10.1 Å². The molecule has 0 N–H and O–H groups in total. The van der Waals surface area contributed by atoms with Crippen LogP contribution in [-0.2, 0) is 14.3 Å². The van der Waals surface area contributed by atoms with Crippen molar-refractivity contribution in [2.75, 3.05) is 12.8 Å². The highest BCUT2D eigenvalue weighted by molar-refractivity contribution is 7.86. The van der Waals surface area contributed by atoms with Crippen molar-refractivity contribution in [3.8, 4) is 0 Å². The molecular weight excluding hydrogens is 228 g/mol. The summed E-state index contributed by atoms with van der Waals surface area (Å²) in [6, 6.07) is 0.171. The fraction of sp³-hybridized carbons (Fsp3) is 0.600. The molecule has 0 aromatic heterocycles. The molecule has 0 saturated carbocycles. The van der Waals surface area contributed by atoms with E-state index in [1.165, 1.54) is 6.08 Å². The Bertz CT molecular complexity index is 376. The van der Waals surface area contributed by atoms with Gasteiger partial charge >= 0.3 is 0 Å². The minimum absolute atomic E-state index is 0.171. The van der Waals surface area contributed by atoms with Crippen LogP contribution in [0.15, 0.2) is 25.1 Å². The molecule has 0 amide bonds. The predicted octanol–water partition coefficient (Wildman–Crippen LogP) is 0.929. The molecule has 1 unspecified atom stereocenters. The third-order valence-corrected chi connectivity index (χ3v) is 3.34. The summed E-state index contributed by atoms with van der Waals surface area (Å²) in [6.45, 7) is 7.34. The standard InChI is InChI=1S/C10H18N2O3S/c1-5-8-16(13,14)15-10-11(4)6-7-12(10)9(2)3/h5-7,9-10H,1,8H2,2-4H3. The van der Waals surface area contributed by atoms with E-state index in [4.69, 9.17) is 4.18 Å². The van der Waals surface area contributed by atoms with Gasteiger partial charge in [-0.25, -0.2) is 4.18 Å². The van der Waals surface area contributed by atoms with Crippen molar-refractivity contribution < 1.29 is 12.6 Å². The number of nitrogens with zero attached hydrogens (tertiary/aromatic N) is 2. The summed E-state index contributed by atoms with van der Waals surface area (Å²) in [5, 5.41) is 0. The van der Waals surface area contributed by atoms with Crippen LogP contribution < -0.4 is 0 Å². The molecule has 5 nitrogen and oxygen atoms in total. The maximum atomic E-state index is 11.5. The summed E-state index contributed by atoms with van der Waals surface area (Å²) in [7, 11) is -1.78. The molecule has 92 valence electrons. The largest absolute Gasteiger partial charge is 0.336 e. The van der Waals surface area contributed by atoms with E-state index in [2.05, 4.69) is 6.58 Å². The van der Waals surface area contributed by atoms with Crippen LogP contribution in [0, 0.1) is 0 Å². The second kappa shape index (κ2) is 4.88. The Hall–Kier alpha value is -1.01. The molecule has 0 spiro atoms. The van der Waals surface area contributed by atoms with Crippen LogP contribution in [0.25, 0.3) is 0 Å². The molecule has 1 aliphatic heterocycles. The maximum Gasteiger partial charge on any atom is 0.274 e.